The molecule has 0 aliphatic rings. The number of hydrazine groups is 1. The van der Waals surface area contributed by atoms with Gasteiger partial charge in [0, 0.05) is 11.1 Å². The maximum atomic E-state index is 11.5. The number of ether oxygens (including phenoxy) is 1. The summed E-state index contributed by atoms with van der Waals surface area (Å²) in [6.07, 6.45) is 0. The lowest BCUT2D eigenvalue weighted by Crippen LogP contribution is -2.30. The lowest BCUT2D eigenvalue weighted by Gasteiger charge is -2.02. The Kier molecular flexibility index (Phi) is 3.29. The molecule has 6 nitrogen and oxygen atoms in total. The molecule has 0 saturated heterocycles. The van der Waals surface area contributed by atoms with Crippen LogP contribution in [0.4, 0.5) is 0 Å². The van der Waals surface area contributed by atoms with E-state index in [2.05, 4.69) is 15.6 Å². The van der Waals surface area contributed by atoms with E-state index in [0.717, 1.165) is 22.6 Å². The van der Waals surface area contributed by atoms with E-state index in [1.807, 2.05) is 31.2 Å². The van der Waals surface area contributed by atoms with Crippen LogP contribution in [-0.4, -0.2) is 23.2 Å². The number of methoxy groups -OCH3 is 1. The highest BCUT2D eigenvalue weighted by Gasteiger charge is 2.15. The van der Waals surface area contributed by atoms with Gasteiger partial charge in [-0.15, -0.1) is 0 Å². The van der Waals surface area contributed by atoms with Crippen LogP contribution >= 0.6 is 0 Å². The molecule has 0 spiro atoms. The van der Waals surface area contributed by atoms with Crippen LogP contribution in [0.5, 0.6) is 5.75 Å². The number of rotatable bonds is 3. The SMILES string of the molecule is COc1ccc(-c2n[nH]c(C(=O)NN)c2C)cc1. The second kappa shape index (κ2) is 4.89. The van der Waals surface area contributed by atoms with Gasteiger partial charge in [0.1, 0.15) is 11.4 Å². The van der Waals surface area contributed by atoms with Crippen molar-refractivity contribution in [2.75, 3.05) is 7.11 Å². The summed E-state index contributed by atoms with van der Waals surface area (Å²) < 4.78 is 5.09. The van der Waals surface area contributed by atoms with E-state index in [4.69, 9.17) is 10.6 Å². The highest BCUT2D eigenvalue weighted by atomic mass is 16.5. The van der Waals surface area contributed by atoms with Gasteiger partial charge < -0.3 is 4.74 Å². The predicted molar refractivity (Wildman–Crippen MR) is 67.0 cm³/mol. The molecule has 0 saturated carbocycles. The quantitative estimate of drug-likeness (QED) is 0.428. The van der Waals surface area contributed by atoms with Crippen molar-refractivity contribution >= 4 is 5.91 Å². The summed E-state index contributed by atoms with van der Waals surface area (Å²) in [6.45, 7) is 1.81. The van der Waals surface area contributed by atoms with Crippen molar-refractivity contribution < 1.29 is 9.53 Å². The number of carbonyl (C=O) groups excluding carboxylic acids is 1. The fraction of sp³-hybridized carbons (Fsp3) is 0.167. The van der Waals surface area contributed by atoms with Crippen LogP contribution in [0.25, 0.3) is 11.3 Å². The second-order valence-corrected chi connectivity index (χ2v) is 3.77. The summed E-state index contributed by atoms with van der Waals surface area (Å²) >= 11 is 0. The van der Waals surface area contributed by atoms with Gasteiger partial charge in [0.15, 0.2) is 0 Å². The first kappa shape index (κ1) is 12.1. The average molecular weight is 246 g/mol. The zero-order valence-electron chi connectivity index (χ0n) is 10.2. The van der Waals surface area contributed by atoms with E-state index in [1.165, 1.54) is 0 Å². The maximum absolute atomic E-state index is 11.5. The van der Waals surface area contributed by atoms with E-state index >= 15 is 0 Å². The third kappa shape index (κ3) is 2.05. The number of amides is 1. The lowest BCUT2D eigenvalue weighted by molar-refractivity contribution is 0.0948. The standard InChI is InChI=1S/C12H14N4O2/c1-7-10(15-16-11(7)12(17)14-13)8-3-5-9(18-2)6-4-8/h3-6H,13H2,1-2H3,(H,14,17)(H,15,16). The van der Waals surface area contributed by atoms with Crippen LogP contribution in [0.3, 0.4) is 0 Å². The molecule has 0 unspecified atom stereocenters. The van der Waals surface area contributed by atoms with Gasteiger partial charge in [-0.1, -0.05) is 0 Å². The van der Waals surface area contributed by atoms with Gasteiger partial charge in [-0.05, 0) is 31.2 Å². The molecule has 0 radical (unpaired) electrons. The maximum Gasteiger partial charge on any atom is 0.283 e. The van der Waals surface area contributed by atoms with Crippen LogP contribution in [0.1, 0.15) is 16.1 Å². The number of benzene rings is 1. The molecule has 2 aromatic rings. The van der Waals surface area contributed by atoms with Crippen LogP contribution < -0.4 is 16.0 Å². The van der Waals surface area contributed by atoms with Crippen molar-refractivity contribution in [2.24, 2.45) is 5.84 Å². The minimum absolute atomic E-state index is 0.364. The van der Waals surface area contributed by atoms with Crippen LogP contribution in [-0.2, 0) is 0 Å². The summed E-state index contributed by atoms with van der Waals surface area (Å²) in [4.78, 5) is 11.5. The number of nitrogen functional groups attached to an aromatic ring is 1. The highest BCUT2D eigenvalue weighted by molar-refractivity contribution is 5.94. The zero-order valence-corrected chi connectivity index (χ0v) is 10.2. The number of hydrogen-bond donors (Lipinski definition) is 3. The van der Waals surface area contributed by atoms with Gasteiger partial charge >= 0.3 is 0 Å². The number of nitrogens with one attached hydrogen (secondary N) is 2. The summed E-state index contributed by atoms with van der Waals surface area (Å²) in [5, 5.41) is 6.81. The molecule has 1 aromatic heterocycles. The van der Waals surface area contributed by atoms with Gasteiger partial charge in [-0.2, -0.15) is 5.10 Å². The molecule has 1 aromatic carbocycles. The number of aromatic amines is 1. The zero-order chi connectivity index (χ0) is 13.1. The Bertz CT molecular complexity index is 560. The van der Waals surface area contributed by atoms with Crippen molar-refractivity contribution in [3.05, 3.63) is 35.5 Å². The molecule has 0 atom stereocenters. The third-order valence-corrected chi connectivity index (χ3v) is 2.73. The van der Waals surface area contributed by atoms with Gasteiger partial charge in [0.2, 0.25) is 0 Å². The Morgan fingerprint density at radius 1 is 1.39 bits per heavy atom. The van der Waals surface area contributed by atoms with E-state index in [9.17, 15) is 4.79 Å². The number of hydrogen-bond acceptors (Lipinski definition) is 4. The monoisotopic (exact) mass is 246 g/mol. The Morgan fingerprint density at radius 2 is 2.06 bits per heavy atom. The van der Waals surface area contributed by atoms with E-state index in [1.54, 1.807) is 7.11 Å². The van der Waals surface area contributed by atoms with Gasteiger partial charge in [0.25, 0.3) is 5.91 Å². The topological polar surface area (TPSA) is 93.0 Å². The predicted octanol–water partition coefficient (Wildman–Crippen LogP) is 0.997. The number of aromatic nitrogens is 2. The smallest absolute Gasteiger partial charge is 0.283 e. The molecule has 1 heterocycles. The molecule has 18 heavy (non-hydrogen) atoms. The largest absolute Gasteiger partial charge is 0.497 e. The molecular weight excluding hydrogens is 232 g/mol. The highest BCUT2D eigenvalue weighted by Crippen LogP contribution is 2.24. The Labute approximate surface area is 104 Å². The molecule has 1 amide bonds. The summed E-state index contributed by atoms with van der Waals surface area (Å²) in [7, 11) is 1.61. The minimum atomic E-state index is -0.389. The van der Waals surface area contributed by atoms with E-state index in [-0.39, 0.29) is 5.91 Å². The molecule has 0 bridgehead atoms. The fourth-order valence-corrected chi connectivity index (χ4v) is 1.72. The first-order valence-electron chi connectivity index (χ1n) is 5.37. The van der Waals surface area contributed by atoms with Crippen LogP contribution in [0.2, 0.25) is 0 Å². The molecular formula is C12H14N4O2. The number of nitrogens with two attached hydrogens (primary N) is 1. The first-order chi connectivity index (χ1) is 8.67. The fourth-order valence-electron chi connectivity index (χ4n) is 1.72. The van der Waals surface area contributed by atoms with Crippen molar-refractivity contribution in [2.45, 2.75) is 6.92 Å². The van der Waals surface area contributed by atoms with Crippen LogP contribution in [0.15, 0.2) is 24.3 Å². The second-order valence-electron chi connectivity index (χ2n) is 3.77. The molecule has 2 rings (SSSR count). The Hall–Kier alpha value is -2.34. The third-order valence-electron chi connectivity index (χ3n) is 2.73. The first-order valence-corrected chi connectivity index (χ1v) is 5.37. The Balaban J connectivity index is 2.39. The molecule has 94 valence electrons. The van der Waals surface area contributed by atoms with Crippen molar-refractivity contribution in [3.63, 3.8) is 0 Å². The van der Waals surface area contributed by atoms with Crippen molar-refractivity contribution in [1.82, 2.24) is 15.6 Å². The molecule has 6 heteroatoms. The van der Waals surface area contributed by atoms with Crippen molar-refractivity contribution in [3.8, 4) is 17.0 Å². The normalized spacial score (nSPS) is 10.2. The van der Waals surface area contributed by atoms with Gasteiger partial charge in [0.05, 0.1) is 12.8 Å². The summed E-state index contributed by atoms with van der Waals surface area (Å²) in [5.41, 5.74) is 4.81. The number of H-pyrrole nitrogens is 1. The summed E-state index contributed by atoms with van der Waals surface area (Å²) in [6, 6.07) is 7.44. The molecule has 0 fully saturated rings. The van der Waals surface area contributed by atoms with Gasteiger partial charge in [-0.3, -0.25) is 15.3 Å². The molecule has 4 N–H and O–H groups in total. The average Bonchev–Trinajstić information content (AvgIpc) is 2.80. The lowest BCUT2D eigenvalue weighted by atomic mass is 10.1. The van der Waals surface area contributed by atoms with Crippen LogP contribution in [0, 0.1) is 6.92 Å². The number of carbonyl (C=O) groups is 1. The van der Waals surface area contributed by atoms with E-state index in [0.29, 0.717) is 5.69 Å². The van der Waals surface area contributed by atoms with Crippen molar-refractivity contribution in [1.29, 1.82) is 0 Å². The number of nitrogens with zero attached hydrogens (tertiary/aromatic N) is 1. The van der Waals surface area contributed by atoms with Gasteiger partial charge in [-0.25, -0.2) is 5.84 Å². The minimum Gasteiger partial charge on any atom is -0.497 e. The summed E-state index contributed by atoms with van der Waals surface area (Å²) in [5.74, 6) is 5.48. The Morgan fingerprint density at radius 3 is 2.61 bits per heavy atom. The van der Waals surface area contributed by atoms with E-state index < -0.39 is 0 Å². The molecule has 0 aliphatic carbocycles. The molecule has 0 aliphatic heterocycles.